The number of rotatable bonds is 6. The Labute approximate surface area is 208 Å². The van der Waals surface area contributed by atoms with Crippen LogP contribution in [0.3, 0.4) is 0 Å². The van der Waals surface area contributed by atoms with Gasteiger partial charge in [-0.1, -0.05) is 49.4 Å². The lowest BCUT2D eigenvalue weighted by Gasteiger charge is -2.33. The van der Waals surface area contributed by atoms with Crippen LogP contribution in [0.1, 0.15) is 12.5 Å². The predicted molar refractivity (Wildman–Crippen MR) is 140 cm³/mol. The SMILES string of the molecule is COc1ccc(N2C[C@H](C)Cn3c2nc2c3c(=O)n(C/C=C\c3ccccc3)c(=O)n2C)c(OC)c1. The number of ether oxygens (including phenoxy) is 2. The zero-order valence-electron chi connectivity index (χ0n) is 20.8. The quantitative estimate of drug-likeness (QED) is 0.415. The van der Waals surface area contributed by atoms with Crippen LogP contribution in [0.5, 0.6) is 11.5 Å². The number of aromatic nitrogens is 4. The molecule has 9 nitrogen and oxygen atoms in total. The Bertz CT molecular complexity index is 1570. The third kappa shape index (κ3) is 3.96. The van der Waals surface area contributed by atoms with Crippen molar-refractivity contribution in [3.63, 3.8) is 0 Å². The van der Waals surface area contributed by atoms with E-state index in [0.717, 1.165) is 11.3 Å². The first kappa shape index (κ1) is 23.5. The van der Waals surface area contributed by atoms with Crippen LogP contribution in [-0.2, 0) is 20.1 Å². The van der Waals surface area contributed by atoms with Gasteiger partial charge >= 0.3 is 5.69 Å². The molecule has 0 fully saturated rings. The lowest BCUT2D eigenvalue weighted by Crippen LogP contribution is -2.40. The molecule has 1 aliphatic heterocycles. The smallest absolute Gasteiger partial charge is 0.332 e. The Morgan fingerprint density at radius 2 is 1.83 bits per heavy atom. The van der Waals surface area contributed by atoms with Gasteiger partial charge in [0.2, 0.25) is 5.95 Å². The van der Waals surface area contributed by atoms with Crippen molar-refractivity contribution in [2.45, 2.75) is 20.0 Å². The molecule has 2 aromatic heterocycles. The average Bonchev–Trinajstić information content (AvgIpc) is 3.28. The van der Waals surface area contributed by atoms with E-state index in [2.05, 4.69) is 6.92 Å². The molecule has 1 atom stereocenters. The van der Waals surface area contributed by atoms with Crippen molar-refractivity contribution >= 4 is 28.9 Å². The highest BCUT2D eigenvalue weighted by Gasteiger charge is 2.31. The summed E-state index contributed by atoms with van der Waals surface area (Å²) < 4.78 is 15.6. The van der Waals surface area contributed by atoms with E-state index in [9.17, 15) is 9.59 Å². The fourth-order valence-corrected chi connectivity index (χ4v) is 4.74. The van der Waals surface area contributed by atoms with E-state index in [-0.39, 0.29) is 18.0 Å². The van der Waals surface area contributed by atoms with E-state index in [0.29, 0.717) is 41.7 Å². The first-order valence-corrected chi connectivity index (χ1v) is 11.8. The van der Waals surface area contributed by atoms with Crippen LogP contribution in [0.2, 0.25) is 0 Å². The molecule has 3 heterocycles. The number of imidazole rings is 1. The van der Waals surface area contributed by atoms with Crippen LogP contribution in [0.4, 0.5) is 11.6 Å². The molecule has 0 aliphatic carbocycles. The second-order valence-corrected chi connectivity index (χ2v) is 9.02. The summed E-state index contributed by atoms with van der Waals surface area (Å²) in [4.78, 5) is 33.6. The summed E-state index contributed by atoms with van der Waals surface area (Å²) in [5.74, 6) is 2.16. The van der Waals surface area contributed by atoms with Gasteiger partial charge in [0.15, 0.2) is 11.2 Å². The molecule has 0 N–H and O–H groups in total. The van der Waals surface area contributed by atoms with E-state index >= 15 is 0 Å². The first-order chi connectivity index (χ1) is 17.4. The van der Waals surface area contributed by atoms with Crippen molar-refractivity contribution in [1.82, 2.24) is 18.7 Å². The van der Waals surface area contributed by atoms with Gasteiger partial charge in [0, 0.05) is 32.7 Å². The molecule has 5 rings (SSSR count). The largest absolute Gasteiger partial charge is 0.497 e. The first-order valence-electron chi connectivity index (χ1n) is 11.8. The molecule has 36 heavy (non-hydrogen) atoms. The standard InChI is InChI=1S/C27H29N5O4/c1-18-16-31(21-13-12-20(35-3)15-22(21)36-4)26-28-24-23(32(26)17-18)25(33)30(27(34)29(24)2)14-8-11-19-9-6-5-7-10-19/h5-13,15,18H,14,16-17H2,1-4H3/b11-8-/t18-/m0/s1. The monoisotopic (exact) mass is 487 g/mol. The Balaban J connectivity index is 1.64. The third-order valence-electron chi connectivity index (χ3n) is 6.52. The minimum atomic E-state index is -0.401. The molecule has 0 bridgehead atoms. The Morgan fingerprint density at radius 3 is 2.56 bits per heavy atom. The minimum Gasteiger partial charge on any atom is -0.497 e. The summed E-state index contributed by atoms with van der Waals surface area (Å²) in [6.45, 7) is 3.60. The lowest BCUT2D eigenvalue weighted by atomic mass is 10.1. The van der Waals surface area contributed by atoms with Crippen LogP contribution in [-0.4, -0.2) is 39.4 Å². The van der Waals surface area contributed by atoms with Gasteiger partial charge in [0.1, 0.15) is 11.5 Å². The molecule has 1 aliphatic rings. The van der Waals surface area contributed by atoms with Crippen LogP contribution in [0.25, 0.3) is 17.2 Å². The Hall–Kier alpha value is -4.27. The van der Waals surface area contributed by atoms with Crippen LogP contribution in [0.15, 0.2) is 64.2 Å². The lowest BCUT2D eigenvalue weighted by molar-refractivity contribution is 0.392. The fourth-order valence-electron chi connectivity index (χ4n) is 4.74. The van der Waals surface area contributed by atoms with Crippen LogP contribution in [0, 0.1) is 5.92 Å². The maximum absolute atomic E-state index is 13.6. The van der Waals surface area contributed by atoms with E-state index in [4.69, 9.17) is 14.5 Å². The molecule has 4 aromatic rings. The van der Waals surface area contributed by atoms with Gasteiger partial charge < -0.3 is 18.9 Å². The molecular weight excluding hydrogens is 458 g/mol. The van der Waals surface area contributed by atoms with Gasteiger partial charge in [0.05, 0.1) is 19.9 Å². The number of hydrogen-bond acceptors (Lipinski definition) is 6. The van der Waals surface area contributed by atoms with Crippen LogP contribution < -0.4 is 25.6 Å². The fraction of sp³-hybridized carbons (Fsp3) is 0.296. The highest BCUT2D eigenvalue weighted by atomic mass is 16.5. The number of anilines is 2. The second-order valence-electron chi connectivity index (χ2n) is 9.02. The zero-order valence-corrected chi connectivity index (χ0v) is 20.8. The normalized spacial score (nSPS) is 15.4. The van der Waals surface area contributed by atoms with E-state index in [1.54, 1.807) is 21.3 Å². The highest BCUT2D eigenvalue weighted by molar-refractivity contribution is 5.78. The predicted octanol–water partition coefficient (Wildman–Crippen LogP) is 3.42. The topological polar surface area (TPSA) is 83.5 Å². The minimum absolute atomic E-state index is 0.169. The summed E-state index contributed by atoms with van der Waals surface area (Å²) >= 11 is 0. The number of allylic oxidation sites excluding steroid dienone is 1. The van der Waals surface area contributed by atoms with Crippen molar-refractivity contribution in [2.24, 2.45) is 13.0 Å². The number of benzene rings is 2. The second kappa shape index (κ2) is 9.41. The van der Waals surface area contributed by atoms with Gasteiger partial charge in [-0.15, -0.1) is 0 Å². The molecule has 0 unspecified atom stereocenters. The average molecular weight is 488 g/mol. The van der Waals surface area contributed by atoms with Gasteiger partial charge in [-0.25, -0.2) is 4.79 Å². The molecular formula is C27H29N5O4. The molecule has 0 spiro atoms. The van der Waals surface area contributed by atoms with Crippen molar-refractivity contribution in [3.05, 3.63) is 81.0 Å². The third-order valence-corrected chi connectivity index (χ3v) is 6.52. The van der Waals surface area contributed by atoms with E-state index in [1.807, 2.05) is 70.1 Å². The van der Waals surface area contributed by atoms with Crippen molar-refractivity contribution in [3.8, 4) is 11.5 Å². The molecule has 0 saturated carbocycles. The number of hydrogen-bond donors (Lipinski definition) is 0. The van der Waals surface area contributed by atoms with Gasteiger partial charge in [-0.2, -0.15) is 4.98 Å². The van der Waals surface area contributed by atoms with Crippen LogP contribution >= 0.6 is 0 Å². The van der Waals surface area contributed by atoms with E-state index in [1.165, 1.54) is 9.13 Å². The number of methoxy groups -OCH3 is 2. The van der Waals surface area contributed by atoms with Gasteiger partial charge in [0.25, 0.3) is 5.56 Å². The number of nitrogens with zero attached hydrogens (tertiary/aromatic N) is 5. The van der Waals surface area contributed by atoms with Crippen molar-refractivity contribution in [2.75, 3.05) is 25.7 Å². The van der Waals surface area contributed by atoms with E-state index < -0.39 is 5.69 Å². The Kier molecular flexibility index (Phi) is 6.13. The molecule has 2 aromatic carbocycles. The van der Waals surface area contributed by atoms with Gasteiger partial charge in [-0.3, -0.25) is 13.9 Å². The summed E-state index contributed by atoms with van der Waals surface area (Å²) in [6.07, 6.45) is 3.73. The van der Waals surface area contributed by atoms with Crippen molar-refractivity contribution < 1.29 is 9.47 Å². The molecule has 0 amide bonds. The molecule has 0 radical (unpaired) electrons. The molecule has 186 valence electrons. The number of aryl methyl sites for hydroxylation is 1. The zero-order chi connectivity index (χ0) is 25.4. The molecule has 9 heteroatoms. The summed E-state index contributed by atoms with van der Waals surface area (Å²) in [7, 11) is 4.87. The molecule has 0 saturated heterocycles. The van der Waals surface area contributed by atoms with Gasteiger partial charge in [-0.05, 0) is 23.6 Å². The Morgan fingerprint density at radius 1 is 1.06 bits per heavy atom. The van der Waals surface area contributed by atoms with Crippen molar-refractivity contribution in [1.29, 1.82) is 0 Å². The maximum atomic E-state index is 13.6. The number of fused-ring (bicyclic) bond motifs is 3. The maximum Gasteiger partial charge on any atom is 0.332 e. The summed E-state index contributed by atoms with van der Waals surface area (Å²) in [5.41, 5.74) is 1.86. The highest BCUT2D eigenvalue weighted by Crippen LogP contribution is 2.39. The summed E-state index contributed by atoms with van der Waals surface area (Å²) in [6, 6.07) is 15.4. The summed E-state index contributed by atoms with van der Waals surface area (Å²) in [5, 5.41) is 0.